The fourth-order valence-corrected chi connectivity index (χ4v) is 2.91. The molecule has 0 aliphatic heterocycles. The van der Waals surface area contributed by atoms with Gasteiger partial charge in [0.15, 0.2) is 0 Å². The van der Waals surface area contributed by atoms with E-state index >= 15 is 0 Å². The third-order valence-corrected chi connectivity index (χ3v) is 5.00. The van der Waals surface area contributed by atoms with Crippen molar-refractivity contribution in [2.24, 2.45) is 0 Å². The summed E-state index contributed by atoms with van der Waals surface area (Å²) in [7, 11) is -2.05. The predicted octanol–water partition coefficient (Wildman–Crippen LogP) is 1.28. The van der Waals surface area contributed by atoms with Gasteiger partial charge in [-0.15, -0.1) is 0 Å². The van der Waals surface area contributed by atoms with Crippen LogP contribution < -0.4 is 10.0 Å². The monoisotopic (exact) mass is 347 g/mol. The van der Waals surface area contributed by atoms with E-state index in [0.29, 0.717) is 25.8 Å². The molecule has 0 spiro atoms. The van der Waals surface area contributed by atoms with Gasteiger partial charge in [-0.05, 0) is 43.3 Å². The summed E-state index contributed by atoms with van der Waals surface area (Å²) in [4.78, 5) is 16.3. The molecule has 24 heavy (non-hydrogen) atoms. The molecule has 1 aromatic heterocycles. The van der Waals surface area contributed by atoms with Gasteiger partial charge in [-0.25, -0.2) is 13.1 Å². The molecular formula is C17H21N3O3S. The number of rotatable bonds is 8. The van der Waals surface area contributed by atoms with E-state index < -0.39 is 10.0 Å². The molecule has 0 aliphatic carbocycles. The van der Waals surface area contributed by atoms with Crippen molar-refractivity contribution in [3.63, 3.8) is 0 Å². The van der Waals surface area contributed by atoms with E-state index in [9.17, 15) is 13.2 Å². The molecule has 128 valence electrons. The lowest BCUT2D eigenvalue weighted by Crippen LogP contribution is -2.26. The summed E-state index contributed by atoms with van der Waals surface area (Å²) in [6.07, 6.45) is 3.36. The molecule has 0 saturated heterocycles. The average Bonchev–Trinajstić information content (AvgIpc) is 2.61. The number of pyridine rings is 1. The molecule has 6 nitrogen and oxygen atoms in total. The van der Waals surface area contributed by atoms with Crippen LogP contribution in [0, 0.1) is 0 Å². The fourth-order valence-electron chi connectivity index (χ4n) is 2.18. The minimum absolute atomic E-state index is 0.0298. The molecule has 1 heterocycles. The van der Waals surface area contributed by atoms with Crippen LogP contribution in [0.3, 0.4) is 0 Å². The number of hydrogen-bond donors (Lipinski definition) is 2. The van der Waals surface area contributed by atoms with Crippen LogP contribution in [0.4, 0.5) is 0 Å². The quantitative estimate of drug-likeness (QED) is 0.753. The Morgan fingerprint density at radius 2 is 1.83 bits per heavy atom. The van der Waals surface area contributed by atoms with E-state index in [-0.39, 0.29) is 10.8 Å². The van der Waals surface area contributed by atoms with Crippen molar-refractivity contribution in [2.45, 2.75) is 24.2 Å². The van der Waals surface area contributed by atoms with E-state index in [0.717, 1.165) is 11.3 Å². The molecule has 0 unspecified atom stereocenters. The molecule has 0 atom stereocenters. The third-order valence-electron chi connectivity index (χ3n) is 3.57. The van der Waals surface area contributed by atoms with E-state index in [2.05, 4.69) is 15.0 Å². The lowest BCUT2D eigenvalue weighted by atomic mass is 10.1. The van der Waals surface area contributed by atoms with Gasteiger partial charge in [-0.1, -0.05) is 18.2 Å². The predicted molar refractivity (Wildman–Crippen MR) is 92.0 cm³/mol. The highest BCUT2D eigenvalue weighted by Gasteiger charge is 2.10. The zero-order valence-electron chi connectivity index (χ0n) is 13.5. The Balaban J connectivity index is 1.75. The Kier molecular flexibility index (Phi) is 6.45. The smallest absolute Gasteiger partial charge is 0.240 e. The van der Waals surface area contributed by atoms with Crippen LogP contribution in [-0.2, 0) is 27.7 Å². The first kappa shape index (κ1) is 18.1. The van der Waals surface area contributed by atoms with Crippen LogP contribution >= 0.6 is 0 Å². The standard InChI is InChI=1S/C17H21N3O3S/c1-18-24(22,23)16-8-5-14(6-9-16)7-10-17(21)20-13-11-15-4-2-3-12-19-15/h2-6,8-9,12,18H,7,10-11,13H2,1H3,(H,20,21). The Labute approximate surface area is 142 Å². The van der Waals surface area contributed by atoms with Crippen LogP contribution in [-0.4, -0.2) is 32.9 Å². The summed E-state index contributed by atoms with van der Waals surface area (Å²) in [5.41, 5.74) is 1.86. The minimum atomic E-state index is -3.42. The second-order valence-electron chi connectivity index (χ2n) is 5.27. The second kappa shape index (κ2) is 8.56. The number of nitrogens with one attached hydrogen (secondary N) is 2. The van der Waals surface area contributed by atoms with Gasteiger partial charge in [0.05, 0.1) is 4.90 Å². The maximum absolute atomic E-state index is 11.8. The molecule has 0 saturated carbocycles. The summed E-state index contributed by atoms with van der Waals surface area (Å²) in [5, 5.41) is 2.86. The second-order valence-corrected chi connectivity index (χ2v) is 7.16. The van der Waals surface area contributed by atoms with Crippen LogP contribution in [0.5, 0.6) is 0 Å². The summed E-state index contributed by atoms with van der Waals surface area (Å²) < 4.78 is 25.5. The Bertz CT molecular complexity index is 759. The molecule has 2 rings (SSSR count). The van der Waals surface area contributed by atoms with Gasteiger partial charge in [0.25, 0.3) is 0 Å². The number of benzene rings is 1. The Morgan fingerprint density at radius 1 is 1.08 bits per heavy atom. The molecule has 1 amide bonds. The maximum Gasteiger partial charge on any atom is 0.240 e. The molecule has 0 fully saturated rings. The first-order valence-corrected chi connectivity index (χ1v) is 9.18. The number of aromatic nitrogens is 1. The first-order chi connectivity index (χ1) is 11.5. The molecule has 0 bridgehead atoms. The molecule has 2 N–H and O–H groups in total. The van der Waals surface area contributed by atoms with Crippen molar-refractivity contribution in [2.75, 3.05) is 13.6 Å². The normalized spacial score (nSPS) is 11.2. The molecule has 1 aromatic carbocycles. The summed E-state index contributed by atoms with van der Waals surface area (Å²) in [6.45, 7) is 0.551. The van der Waals surface area contributed by atoms with Crippen molar-refractivity contribution in [3.05, 3.63) is 59.9 Å². The highest BCUT2D eigenvalue weighted by atomic mass is 32.2. The zero-order valence-corrected chi connectivity index (χ0v) is 14.3. The Morgan fingerprint density at radius 3 is 2.46 bits per heavy atom. The lowest BCUT2D eigenvalue weighted by Gasteiger charge is -2.06. The summed E-state index contributed by atoms with van der Waals surface area (Å²) >= 11 is 0. The van der Waals surface area contributed by atoms with Crippen molar-refractivity contribution in [1.82, 2.24) is 15.0 Å². The van der Waals surface area contributed by atoms with Crippen LogP contribution in [0.25, 0.3) is 0 Å². The van der Waals surface area contributed by atoms with E-state index in [1.54, 1.807) is 30.5 Å². The number of amides is 1. The van der Waals surface area contributed by atoms with Gasteiger partial charge in [-0.3, -0.25) is 9.78 Å². The van der Waals surface area contributed by atoms with Crippen molar-refractivity contribution in [3.8, 4) is 0 Å². The number of sulfonamides is 1. The fraction of sp³-hybridized carbons (Fsp3) is 0.294. The van der Waals surface area contributed by atoms with Crippen LogP contribution in [0.2, 0.25) is 0 Å². The van der Waals surface area contributed by atoms with Gasteiger partial charge >= 0.3 is 0 Å². The Hall–Kier alpha value is -2.25. The highest BCUT2D eigenvalue weighted by molar-refractivity contribution is 7.89. The number of carbonyl (C=O) groups excluding carboxylic acids is 1. The third kappa shape index (κ3) is 5.43. The number of nitrogens with zero attached hydrogens (tertiary/aromatic N) is 1. The van der Waals surface area contributed by atoms with Crippen molar-refractivity contribution >= 4 is 15.9 Å². The average molecular weight is 347 g/mol. The van der Waals surface area contributed by atoms with Gasteiger partial charge in [0, 0.05) is 31.3 Å². The lowest BCUT2D eigenvalue weighted by molar-refractivity contribution is -0.121. The number of hydrogen-bond acceptors (Lipinski definition) is 4. The SMILES string of the molecule is CNS(=O)(=O)c1ccc(CCC(=O)NCCc2ccccn2)cc1. The first-order valence-electron chi connectivity index (χ1n) is 7.70. The number of aryl methyl sites for hydroxylation is 1. The largest absolute Gasteiger partial charge is 0.356 e. The minimum Gasteiger partial charge on any atom is -0.356 e. The van der Waals surface area contributed by atoms with Crippen molar-refractivity contribution in [1.29, 1.82) is 0 Å². The number of carbonyl (C=O) groups is 1. The zero-order chi connectivity index (χ0) is 17.4. The highest BCUT2D eigenvalue weighted by Crippen LogP contribution is 2.11. The molecule has 0 aliphatic rings. The molecule has 7 heteroatoms. The topological polar surface area (TPSA) is 88.2 Å². The summed E-state index contributed by atoms with van der Waals surface area (Å²) in [5.74, 6) is -0.0298. The van der Waals surface area contributed by atoms with Gasteiger partial charge in [-0.2, -0.15) is 0 Å². The summed E-state index contributed by atoms with van der Waals surface area (Å²) in [6, 6.07) is 12.2. The van der Waals surface area contributed by atoms with Crippen molar-refractivity contribution < 1.29 is 13.2 Å². The molecular weight excluding hydrogens is 326 g/mol. The van der Waals surface area contributed by atoms with Gasteiger partial charge in [0.2, 0.25) is 15.9 Å². The molecule has 0 radical (unpaired) electrons. The van der Waals surface area contributed by atoms with Crippen LogP contribution in [0.15, 0.2) is 53.6 Å². The van der Waals surface area contributed by atoms with Gasteiger partial charge < -0.3 is 5.32 Å². The van der Waals surface area contributed by atoms with Gasteiger partial charge in [0.1, 0.15) is 0 Å². The van der Waals surface area contributed by atoms with E-state index in [4.69, 9.17) is 0 Å². The van der Waals surface area contributed by atoms with E-state index in [1.165, 1.54) is 7.05 Å². The van der Waals surface area contributed by atoms with E-state index in [1.807, 2.05) is 18.2 Å². The van der Waals surface area contributed by atoms with Crippen LogP contribution in [0.1, 0.15) is 17.7 Å². The molecule has 2 aromatic rings. The maximum atomic E-state index is 11.8.